The quantitative estimate of drug-likeness (QED) is 0.797. The van der Waals surface area contributed by atoms with Crippen molar-refractivity contribution in [3.63, 3.8) is 0 Å². The molecule has 2 atom stereocenters. The number of nitrogens with one attached hydrogen (secondary N) is 1. The van der Waals surface area contributed by atoms with Crippen LogP contribution in [-0.2, 0) is 4.79 Å². The molecular formula is C14H24N2O. The summed E-state index contributed by atoms with van der Waals surface area (Å²) in [6, 6.07) is 0.576. The van der Waals surface area contributed by atoms with Gasteiger partial charge in [-0.2, -0.15) is 0 Å². The average molecular weight is 236 g/mol. The molecule has 0 spiro atoms. The van der Waals surface area contributed by atoms with Crippen molar-refractivity contribution >= 4 is 5.91 Å². The zero-order valence-electron chi connectivity index (χ0n) is 10.8. The molecule has 1 saturated heterocycles. The molecular weight excluding hydrogens is 212 g/mol. The first kappa shape index (κ1) is 11.5. The number of carbonyl (C=O) groups is 1. The topological polar surface area (TPSA) is 32.3 Å². The van der Waals surface area contributed by atoms with E-state index in [4.69, 9.17) is 0 Å². The molecule has 2 unspecified atom stereocenters. The van der Waals surface area contributed by atoms with Gasteiger partial charge in [0.2, 0.25) is 5.91 Å². The first-order chi connectivity index (χ1) is 8.27. The number of carbonyl (C=O) groups excluding carboxylic acids is 1. The van der Waals surface area contributed by atoms with Crippen LogP contribution in [0.25, 0.3) is 0 Å². The van der Waals surface area contributed by atoms with E-state index in [2.05, 4.69) is 10.2 Å². The highest BCUT2D eigenvalue weighted by Gasteiger charge is 2.44. The Kier molecular flexibility index (Phi) is 3.12. The third kappa shape index (κ3) is 1.99. The lowest BCUT2D eigenvalue weighted by Crippen LogP contribution is -2.47. The molecule has 0 bridgehead atoms. The lowest BCUT2D eigenvalue weighted by atomic mass is 10.0. The van der Waals surface area contributed by atoms with E-state index in [1.807, 2.05) is 6.92 Å². The van der Waals surface area contributed by atoms with E-state index in [0.29, 0.717) is 24.0 Å². The molecule has 3 rings (SSSR count). The van der Waals surface area contributed by atoms with Crippen LogP contribution in [0.5, 0.6) is 0 Å². The Balaban J connectivity index is 1.77. The van der Waals surface area contributed by atoms with Crippen molar-refractivity contribution in [2.45, 2.75) is 76.5 Å². The molecule has 1 heterocycles. The predicted octanol–water partition coefficient (Wildman–Crippen LogP) is 2.27. The fraction of sp³-hybridized carbons (Fsp3) is 0.929. The highest BCUT2D eigenvalue weighted by Crippen LogP contribution is 2.36. The first-order valence-corrected chi connectivity index (χ1v) is 7.35. The van der Waals surface area contributed by atoms with Gasteiger partial charge < -0.3 is 4.90 Å². The highest BCUT2D eigenvalue weighted by molar-refractivity contribution is 5.84. The van der Waals surface area contributed by atoms with Gasteiger partial charge in [0.25, 0.3) is 0 Å². The van der Waals surface area contributed by atoms with Crippen molar-refractivity contribution in [1.29, 1.82) is 0 Å². The molecule has 2 saturated carbocycles. The lowest BCUT2D eigenvalue weighted by molar-refractivity contribution is -0.132. The van der Waals surface area contributed by atoms with Gasteiger partial charge in [0.15, 0.2) is 0 Å². The monoisotopic (exact) mass is 236 g/mol. The molecule has 3 aliphatic rings. The third-order valence-corrected chi connectivity index (χ3v) is 4.91. The molecule has 0 aromatic carbocycles. The normalized spacial score (nSPS) is 36.3. The number of hydrogen-bond donors (Lipinski definition) is 1. The summed E-state index contributed by atoms with van der Waals surface area (Å²) in [6.07, 6.45) is 10.7. The summed E-state index contributed by atoms with van der Waals surface area (Å²) in [5, 5.41) is 3.55. The molecule has 0 aromatic rings. The summed E-state index contributed by atoms with van der Waals surface area (Å²) in [7, 11) is 0. The van der Waals surface area contributed by atoms with E-state index >= 15 is 0 Å². The lowest BCUT2D eigenvalue weighted by Gasteiger charge is -2.33. The molecule has 2 aliphatic carbocycles. The average Bonchev–Trinajstić information content (AvgIpc) is 3.01. The molecule has 3 heteroatoms. The van der Waals surface area contributed by atoms with Gasteiger partial charge in [0.05, 0.1) is 12.2 Å². The minimum Gasteiger partial charge on any atom is -0.323 e. The van der Waals surface area contributed by atoms with Gasteiger partial charge in [0, 0.05) is 6.04 Å². The molecule has 1 amide bonds. The van der Waals surface area contributed by atoms with Gasteiger partial charge in [-0.1, -0.05) is 25.7 Å². The van der Waals surface area contributed by atoms with Gasteiger partial charge in [-0.05, 0) is 38.5 Å². The van der Waals surface area contributed by atoms with Crippen molar-refractivity contribution in [2.75, 3.05) is 0 Å². The third-order valence-electron chi connectivity index (χ3n) is 4.91. The van der Waals surface area contributed by atoms with Crippen molar-refractivity contribution in [3.8, 4) is 0 Å². The van der Waals surface area contributed by atoms with Crippen molar-refractivity contribution in [2.24, 2.45) is 5.92 Å². The van der Waals surface area contributed by atoms with Crippen LogP contribution < -0.4 is 5.32 Å². The van der Waals surface area contributed by atoms with E-state index in [1.54, 1.807) is 0 Å². The van der Waals surface area contributed by atoms with E-state index in [-0.39, 0.29) is 6.04 Å². The fourth-order valence-electron chi connectivity index (χ4n) is 3.99. The Morgan fingerprint density at radius 3 is 2.29 bits per heavy atom. The zero-order valence-corrected chi connectivity index (χ0v) is 10.8. The minimum atomic E-state index is 0.0428. The number of rotatable bonds is 2. The van der Waals surface area contributed by atoms with Gasteiger partial charge in [-0.25, -0.2) is 0 Å². The number of nitrogens with zero attached hydrogens (tertiary/aromatic N) is 1. The Morgan fingerprint density at radius 1 is 1.06 bits per heavy atom. The van der Waals surface area contributed by atoms with Crippen LogP contribution in [0.2, 0.25) is 0 Å². The Hall–Kier alpha value is -0.570. The highest BCUT2D eigenvalue weighted by atomic mass is 16.2. The summed E-state index contributed by atoms with van der Waals surface area (Å²) in [4.78, 5) is 14.6. The van der Waals surface area contributed by atoms with Crippen LogP contribution in [0.4, 0.5) is 0 Å². The van der Waals surface area contributed by atoms with Gasteiger partial charge in [0.1, 0.15) is 0 Å². The standard InChI is InChI=1S/C14H24N2O/c1-10-14(17)16(12-8-4-5-9-12)13(15-10)11-6-2-3-7-11/h10-13,15H,2-9H2,1H3. The molecule has 0 radical (unpaired) electrons. The maximum absolute atomic E-state index is 12.3. The SMILES string of the molecule is CC1NC(C2CCCC2)N(C2CCCC2)C1=O. The fourth-order valence-corrected chi connectivity index (χ4v) is 3.99. The summed E-state index contributed by atoms with van der Waals surface area (Å²) >= 11 is 0. The first-order valence-electron chi connectivity index (χ1n) is 7.35. The predicted molar refractivity (Wildman–Crippen MR) is 67.4 cm³/mol. The van der Waals surface area contributed by atoms with Crippen LogP contribution in [0.15, 0.2) is 0 Å². The van der Waals surface area contributed by atoms with Crippen LogP contribution in [0.3, 0.4) is 0 Å². The molecule has 17 heavy (non-hydrogen) atoms. The summed E-state index contributed by atoms with van der Waals surface area (Å²) in [5.74, 6) is 1.07. The van der Waals surface area contributed by atoms with E-state index in [1.165, 1.54) is 51.4 Å². The summed E-state index contributed by atoms with van der Waals surface area (Å²) in [5.41, 5.74) is 0. The Morgan fingerprint density at radius 2 is 1.65 bits per heavy atom. The molecule has 96 valence electrons. The molecule has 3 nitrogen and oxygen atoms in total. The van der Waals surface area contributed by atoms with Crippen LogP contribution in [-0.4, -0.2) is 29.1 Å². The maximum atomic E-state index is 12.3. The van der Waals surface area contributed by atoms with Crippen LogP contribution in [0.1, 0.15) is 58.3 Å². The van der Waals surface area contributed by atoms with Crippen LogP contribution >= 0.6 is 0 Å². The number of amides is 1. The maximum Gasteiger partial charge on any atom is 0.240 e. The van der Waals surface area contributed by atoms with Crippen molar-refractivity contribution < 1.29 is 4.79 Å². The summed E-state index contributed by atoms with van der Waals surface area (Å²) in [6.45, 7) is 2.03. The molecule has 3 fully saturated rings. The second-order valence-corrected chi connectivity index (χ2v) is 6.06. The van der Waals surface area contributed by atoms with Gasteiger partial charge >= 0.3 is 0 Å². The molecule has 1 aliphatic heterocycles. The van der Waals surface area contributed by atoms with E-state index < -0.39 is 0 Å². The van der Waals surface area contributed by atoms with Gasteiger partial charge in [-0.15, -0.1) is 0 Å². The van der Waals surface area contributed by atoms with Gasteiger partial charge in [-0.3, -0.25) is 10.1 Å². The van der Waals surface area contributed by atoms with Crippen LogP contribution in [0, 0.1) is 5.92 Å². The Bertz CT molecular complexity index is 293. The van der Waals surface area contributed by atoms with Crippen molar-refractivity contribution in [3.05, 3.63) is 0 Å². The minimum absolute atomic E-state index is 0.0428. The molecule has 1 N–H and O–H groups in total. The summed E-state index contributed by atoms with van der Waals surface area (Å²) < 4.78 is 0. The smallest absolute Gasteiger partial charge is 0.240 e. The van der Waals surface area contributed by atoms with Crippen molar-refractivity contribution in [1.82, 2.24) is 10.2 Å². The largest absolute Gasteiger partial charge is 0.323 e. The zero-order chi connectivity index (χ0) is 11.8. The second-order valence-electron chi connectivity index (χ2n) is 6.06. The second kappa shape index (κ2) is 4.60. The van der Waals surface area contributed by atoms with E-state index in [0.717, 1.165) is 0 Å². The van der Waals surface area contributed by atoms with E-state index in [9.17, 15) is 4.79 Å². The number of hydrogen-bond acceptors (Lipinski definition) is 2. The molecule has 0 aromatic heterocycles. The Labute approximate surface area is 104 Å².